The van der Waals surface area contributed by atoms with E-state index >= 15 is 0 Å². The van der Waals surface area contributed by atoms with Crippen molar-refractivity contribution in [1.29, 1.82) is 0 Å². The largest absolute Gasteiger partial charge is 0.497 e. The number of ether oxygens (including phenoxy) is 5. The second-order valence-electron chi connectivity index (χ2n) is 8.83. The molecule has 0 N–H and O–H groups in total. The molecule has 196 valence electrons. The number of alkyl halides is 2. The van der Waals surface area contributed by atoms with Gasteiger partial charge < -0.3 is 28.6 Å². The topological polar surface area (TPSA) is 75.2 Å². The minimum absolute atomic E-state index is 0.0868. The molecule has 0 atom stereocenters. The number of aromatic nitrogens is 2. The molecular formula is C25H31B2F2N3O5. The molecule has 37 heavy (non-hydrogen) atoms. The quantitative estimate of drug-likeness (QED) is 0.342. The first-order valence-electron chi connectivity index (χ1n) is 11.5. The van der Waals surface area contributed by atoms with E-state index in [4.69, 9.17) is 23.7 Å². The Morgan fingerprint density at radius 2 is 1.32 bits per heavy atom. The molecule has 0 aliphatic carbocycles. The van der Waals surface area contributed by atoms with E-state index < -0.39 is 11.6 Å². The Morgan fingerprint density at radius 1 is 0.811 bits per heavy atom. The number of benzene rings is 2. The van der Waals surface area contributed by atoms with E-state index in [1.54, 1.807) is 40.6 Å². The van der Waals surface area contributed by atoms with Crippen molar-refractivity contribution in [2.75, 3.05) is 40.4 Å². The molecule has 0 aliphatic heterocycles. The summed E-state index contributed by atoms with van der Waals surface area (Å²) in [6.07, 6.45) is -1.23. The van der Waals surface area contributed by atoms with Crippen LogP contribution in [0.25, 0.3) is 0 Å². The lowest BCUT2D eigenvalue weighted by Crippen LogP contribution is -2.36. The van der Waals surface area contributed by atoms with Crippen molar-refractivity contribution < 1.29 is 32.5 Å². The van der Waals surface area contributed by atoms with Crippen LogP contribution in [0.3, 0.4) is 0 Å². The molecule has 0 amide bonds. The fraction of sp³-hybridized carbons (Fsp3) is 0.360. The molecule has 1 heterocycles. The molecule has 12 heteroatoms. The standard InChI is InChI=1S/C25H31B2F2N3O5/c1-33-17-8-6-15(20(10-17)35-3)13-32(14-16-7-9-18(34-2)11-21(16)36-4)24-30-12-19(22(31-24)37-5)25(26,27)23(28)29/h6-12,23H,13-14,26-27H2,1-5H3. The van der Waals surface area contributed by atoms with Crippen LogP contribution in [-0.2, 0) is 18.3 Å². The Hall–Kier alpha value is -3.69. The smallest absolute Gasteiger partial charge is 0.234 e. The van der Waals surface area contributed by atoms with Crippen LogP contribution in [0.1, 0.15) is 16.7 Å². The highest BCUT2D eigenvalue weighted by atomic mass is 19.3. The Balaban J connectivity index is 2.10. The van der Waals surface area contributed by atoms with Gasteiger partial charge in [0.25, 0.3) is 0 Å². The second-order valence-corrected chi connectivity index (χ2v) is 8.83. The lowest BCUT2D eigenvalue weighted by Gasteiger charge is -2.28. The summed E-state index contributed by atoms with van der Waals surface area (Å²) in [6, 6.07) is 11.0. The van der Waals surface area contributed by atoms with Crippen LogP contribution >= 0.6 is 0 Å². The summed E-state index contributed by atoms with van der Waals surface area (Å²) in [6.45, 7) is 0.673. The summed E-state index contributed by atoms with van der Waals surface area (Å²) in [5.41, 5.74) is 1.91. The van der Waals surface area contributed by atoms with Gasteiger partial charge in [0.05, 0.1) is 35.5 Å². The zero-order chi connectivity index (χ0) is 27.2. The maximum Gasteiger partial charge on any atom is 0.234 e. The van der Waals surface area contributed by atoms with Crippen LogP contribution in [0.5, 0.6) is 28.9 Å². The average molecular weight is 513 g/mol. The van der Waals surface area contributed by atoms with Gasteiger partial charge >= 0.3 is 0 Å². The van der Waals surface area contributed by atoms with E-state index in [1.165, 1.54) is 29.0 Å². The molecular weight excluding hydrogens is 482 g/mol. The Kier molecular flexibility index (Phi) is 9.07. The molecule has 0 spiro atoms. The van der Waals surface area contributed by atoms with Crippen molar-refractivity contribution in [2.45, 2.75) is 24.7 Å². The van der Waals surface area contributed by atoms with E-state index in [-0.39, 0.29) is 11.4 Å². The number of halogens is 2. The first-order chi connectivity index (χ1) is 17.7. The molecule has 3 aromatic rings. The molecule has 0 radical (unpaired) electrons. The summed E-state index contributed by atoms with van der Waals surface area (Å²) in [5, 5.41) is -1.49. The maximum atomic E-state index is 13.8. The van der Waals surface area contributed by atoms with Crippen molar-refractivity contribution in [2.24, 2.45) is 0 Å². The van der Waals surface area contributed by atoms with E-state index in [9.17, 15) is 8.78 Å². The molecule has 0 saturated heterocycles. The van der Waals surface area contributed by atoms with Gasteiger partial charge in [0.1, 0.15) is 38.7 Å². The minimum Gasteiger partial charge on any atom is -0.497 e. The highest BCUT2D eigenvalue weighted by Gasteiger charge is 2.35. The van der Waals surface area contributed by atoms with E-state index in [2.05, 4.69) is 9.97 Å². The number of rotatable bonds is 12. The van der Waals surface area contributed by atoms with Crippen LogP contribution in [0.2, 0.25) is 0 Å². The van der Waals surface area contributed by atoms with Crippen molar-refractivity contribution in [3.05, 3.63) is 59.3 Å². The Morgan fingerprint density at radius 3 is 1.73 bits per heavy atom. The van der Waals surface area contributed by atoms with Crippen molar-refractivity contribution in [1.82, 2.24) is 9.97 Å². The molecule has 0 saturated carbocycles. The first kappa shape index (κ1) is 27.9. The van der Waals surface area contributed by atoms with Gasteiger partial charge in [-0.2, -0.15) is 4.98 Å². The molecule has 3 rings (SSSR count). The molecule has 8 nitrogen and oxygen atoms in total. The van der Waals surface area contributed by atoms with Gasteiger partial charge in [-0.1, -0.05) is 0 Å². The average Bonchev–Trinajstić information content (AvgIpc) is 2.92. The number of hydrogen-bond acceptors (Lipinski definition) is 8. The number of nitrogens with zero attached hydrogens (tertiary/aromatic N) is 3. The highest BCUT2D eigenvalue weighted by Crippen LogP contribution is 2.34. The Bertz CT molecular complexity index is 1160. The van der Waals surface area contributed by atoms with Crippen LogP contribution in [0, 0.1) is 0 Å². The zero-order valence-corrected chi connectivity index (χ0v) is 22.2. The van der Waals surface area contributed by atoms with Crippen LogP contribution in [0.15, 0.2) is 42.6 Å². The summed E-state index contributed by atoms with van der Waals surface area (Å²) < 4.78 is 54.8. The third-order valence-electron chi connectivity index (χ3n) is 6.17. The van der Waals surface area contributed by atoms with Crippen molar-refractivity contribution in [3.63, 3.8) is 0 Å². The lowest BCUT2D eigenvalue weighted by atomic mass is 9.51. The first-order valence-corrected chi connectivity index (χ1v) is 11.5. The van der Waals surface area contributed by atoms with Gasteiger partial charge in [0, 0.05) is 53.3 Å². The van der Waals surface area contributed by atoms with Gasteiger partial charge in [0.15, 0.2) is 0 Å². The van der Waals surface area contributed by atoms with Crippen molar-refractivity contribution in [3.8, 4) is 28.9 Å². The number of hydrogen-bond donors (Lipinski definition) is 0. The second kappa shape index (κ2) is 12.0. The van der Waals surface area contributed by atoms with E-state index in [1.807, 2.05) is 29.2 Å². The van der Waals surface area contributed by atoms with Crippen LogP contribution in [0.4, 0.5) is 14.7 Å². The van der Waals surface area contributed by atoms with E-state index in [0.29, 0.717) is 42.0 Å². The lowest BCUT2D eigenvalue weighted by molar-refractivity contribution is 0.125. The van der Waals surface area contributed by atoms with Crippen LogP contribution in [-0.4, -0.2) is 67.6 Å². The molecule has 0 bridgehead atoms. The van der Waals surface area contributed by atoms with E-state index in [0.717, 1.165) is 11.1 Å². The SMILES string of the molecule is BC(B)(c1cnc(N(Cc2ccc(OC)cc2OC)Cc2ccc(OC)cc2OC)nc1OC)C(F)F. The third kappa shape index (κ3) is 6.18. The molecule has 1 aromatic heterocycles. The van der Waals surface area contributed by atoms with Gasteiger partial charge in [-0.15, -0.1) is 0 Å². The highest BCUT2D eigenvalue weighted by molar-refractivity contribution is 6.40. The summed E-state index contributed by atoms with van der Waals surface area (Å²) in [4.78, 5) is 10.9. The van der Waals surface area contributed by atoms with Crippen LogP contribution < -0.4 is 28.6 Å². The van der Waals surface area contributed by atoms with Gasteiger partial charge in [-0.25, -0.2) is 13.8 Å². The normalized spacial score (nSPS) is 11.2. The van der Waals surface area contributed by atoms with Gasteiger partial charge in [-0.05, 0) is 24.3 Å². The molecule has 0 fully saturated rings. The third-order valence-corrected chi connectivity index (χ3v) is 6.17. The minimum atomic E-state index is -2.63. The Labute approximate surface area is 217 Å². The monoisotopic (exact) mass is 513 g/mol. The maximum absolute atomic E-state index is 13.8. The summed E-state index contributed by atoms with van der Waals surface area (Å²) >= 11 is 0. The fourth-order valence-electron chi connectivity index (χ4n) is 3.80. The van der Waals surface area contributed by atoms with Crippen molar-refractivity contribution >= 4 is 21.6 Å². The predicted octanol–water partition coefficient (Wildman–Crippen LogP) is 2.41. The number of methoxy groups -OCH3 is 5. The molecule has 2 aromatic carbocycles. The summed E-state index contributed by atoms with van der Waals surface area (Å²) in [5.74, 6) is 2.92. The number of anilines is 1. The summed E-state index contributed by atoms with van der Waals surface area (Å²) in [7, 11) is 10.6. The predicted molar refractivity (Wildman–Crippen MR) is 142 cm³/mol. The molecule has 0 aliphatic rings. The molecule has 0 unspecified atom stereocenters. The zero-order valence-electron chi connectivity index (χ0n) is 22.2. The van der Waals surface area contributed by atoms with Gasteiger partial charge in [-0.3, -0.25) is 0 Å². The van der Waals surface area contributed by atoms with Gasteiger partial charge in [0.2, 0.25) is 18.3 Å². The fourth-order valence-corrected chi connectivity index (χ4v) is 3.80.